The van der Waals surface area contributed by atoms with Gasteiger partial charge in [-0.05, 0) is 51.2 Å². The Labute approximate surface area is 121 Å². The van der Waals surface area contributed by atoms with Gasteiger partial charge < -0.3 is 21.3 Å². The summed E-state index contributed by atoms with van der Waals surface area (Å²) in [5, 5.41) is 23.2. The van der Waals surface area contributed by atoms with E-state index in [1.165, 1.54) is 6.07 Å². The molecule has 1 aromatic carbocycles. The lowest BCUT2D eigenvalue weighted by atomic mass is 9.82. The molecular weight excluding hydrogens is 252 g/mol. The topological polar surface area (TPSA) is 78.5 Å². The zero-order valence-corrected chi connectivity index (χ0v) is 12.4. The molecule has 1 aliphatic carbocycles. The Hall–Kier alpha value is -1.42. The maximum Gasteiger partial charge on any atom is 0.162 e. The highest BCUT2D eigenvalue weighted by Gasteiger charge is 2.23. The van der Waals surface area contributed by atoms with E-state index >= 15 is 0 Å². The van der Waals surface area contributed by atoms with Crippen molar-refractivity contribution in [1.29, 1.82) is 0 Å². The van der Waals surface area contributed by atoms with Crippen LogP contribution in [0.5, 0.6) is 11.5 Å². The van der Waals surface area contributed by atoms with Crippen LogP contribution < -0.4 is 11.1 Å². The summed E-state index contributed by atoms with van der Waals surface area (Å²) in [4.78, 5) is 0. The average molecular weight is 278 g/mol. The SMILES string of the molecule is CC(C)Nc1ccc(O)c(O)c1CC1CCCC(N)C1. The molecule has 4 nitrogen and oxygen atoms in total. The molecule has 112 valence electrons. The first-order chi connectivity index (χ1) is 9.47. The monoisotopic (exact) mass is 278 g/mol. The van der Waals surface area contributed by atoms with Gasteiger partial charge in [-0.15, -0.1) is 0 Å². The first-order valence-electron chi connectivity index (χ1n) is 7.53. The largest absolute Gasteiger partial charge is 0.504 e. The molecule has 1 fully saturated rings. The van der Waals surface area contributed by atoms with Crippen LogP contribution in [0.15, 0.2) is 12.1 Å². The molecule has 0 heterocycles. The van der Waals surface area contributed by atoms with E-state index < -0.39 is 0 Å². The van der Waals surface area contributed by atoms with Gasteiger partial charge in [-0.25, -0.2) is 0 Å². The molecular formula is C16H26N2O2. The van der Waals surface area contributed by atoms with Gasteiger partial charge in [-0.1, -0.05) is 12.8 Å². The Morgan fingerprint density at radius 1 is 1.30 bits per heavy atom. The molecule has 0 aliphatic heterocycles. The molecule has 0 radical (unpaired) electrons. The summed E-state index contributed by atoms with van der Waals surface area (Å²) in [6.45, 7) is 4.12. The third-order valence-electron chi connectivity index (χ3n) is 4.02. The number of nitrogens with one attached hydrogen (secondary N) is 1. The van der Waals surface area contributed by atoms with Gasteiger partial charge >= 0.3 is 0 Å². The summed E-state index contributed by atoms with van der Waals surface area (Å²) < 4.78 is 0. The number of hydrogen-bond donors (Lipinski definition) is 4. The smallest absolute Gasteiger partial charge is 0.162 e. The van der Waals surface area contributed by atoms with Crippen LogP contribution in [0.25, 0.3) is 0 Å². The van der Waals surface area contributed by atoms with Crippen LogP contribution in [0, 0.1) is 5.92 Å². The molecule has 1 saturated carbocycles. The number of nitrogens with two attached hydrogens (primary N) is 1. The maximum atomic E-state index is 10.2. The molecule has 1 aromatic rings. The van der Waals surface area contributed by atoms with E-state index in [1.54, 1.807) is 0 Å². The van der Waals surface area contributed by atoms with Gasteiger partial charge in [0.25, 0.3) is 0 Å². The van der Waals surface area contributed by atoms with Gasteiger partial charge in [-0.3, -0.25) is 0 Å². The summed E-state index contributed by atoms with van der Waals surface area (Å²) >= 11 is 0. The molecule has 0 amide bonds. The van der Waals surface area contributed by atoms with Gasteiger partial charge in [0.15, 0.2) is 11.5 Å². The van der Waals surface area contributed by atoms with Crippen LogP contribution in [0.1, 0.15) is 45.1 Å². The summed E-state index contributed by atoms with van der Waals surface area (Å²) in [7, 11) is 0. The molecule has 0 spiro atoms. The van der Waals surface area contributed by atoms with Gasteiger partial charge in [0.1, 0.15) is 0 Å². The van der Waals surface area contributed by atoms with Gasteiger partial charge in [-0.2, -0.15) is 0 Å². The molecule has 2 rings (SSSR count). The standard InChI is InChI=1S/C16H26N2O2/c1-10(2)18-14-6-7-15(19)16(20)13(14)9-11-4-3-5-12(17)8-11/h6-7,10-12,18-20H,3-5,8-9,17H2,1-2H3. The number of hydrogen-bond acceptors (Lipinski definition) is 4. The summed E-state index contributed by atoms with van der Waals surface area (Å²) in [6.07, 6.45) is 5.15. The van der Waals surface area contributed by atoms with Crippen LogP contribution in [-0.2, 0) is 6.42 Å². The van der Waals surface area contributed by atoms with Gasteiger partial charge in [0, 0.05) is 23.3 Å². The molecule has 4 heteroatoms. The Bertz CT molecular complexity index is 460. The molecule has 5 N–H and O–H groups in total. The average Bonchev–Trinajstić information content (AvgIpc) is 2.38. The fourth-order valence-electron chi connectivity index (χ4n) is 3.08. The number of aromatic hydroxyl groups is 2. The van der Waals surface area contributed by atoms with E-state index in [2.05, 4.69) is 19.2 Å². The Morgan fingerprint density at radius 3 is 2.70 bits per heavy atom. The van der Waals surface area contributed by atoms with Gasteiger partial charge in [0.2, 0.25) is 0 Å². The molecule has 20 heavy (non-hydrogen) atoms. The fourth-order valence-corrected chi connectivity index (χ4v) is 3.08. The second-order valence-corrected chi connectivity index (χ2v) is 6.26. The van der Waals surface area contributed by atoms with Gasteiger partial charge in [0.05, 0.1) is 0 Å². The Kier molecular flexibility index (Phi) is 4.76. The molecule has 0 bridgehead atoms. The minimum absolute atomic E-state index is 0.00907. The molecule has 0 saturated heterocycles. The second-order valence-electron chi connectivity index (χ2n) is 6.26. The number of benzene rings is 1. The van der Waals surface area contributed by atoms with E-state index in [0.29, 0.717) is 5.92 Å². The Morgan fingerprint density at radius 2 is 2.05 bits per heavy atom. The van der Waals surface area contributed by atoms with E-state index in [4.69, 9.17) is 5.73 Å². The molecule has 0 aromatic heterocycles. The molecule has 2 unspecified atom stereocenters. The number of phenolic OH excluding ortho intramolecular Hbond substituents is 2. The van der Waals surface area contributed by atoms with Crippen LogP contribution in [0.2, 0.25) is 0 Å². The number of phenols is 2. The zero-order valence-electron chi connectivity index (χ0n) is 12.4. The lowest BCUT2D eigenvalue weighted by Gasteiger charge is -2.28. The summed E-state index contributed by atoms with van der Waals surface area (Å²) in [5.41, 5.74) is 7.77. The highest BCUT2D eigenvalue weighted by Crippen LogP contribution is 2.38. The third kappa shape index (κ3) is 3.57. The predicted octanol–water partition coefficient (Wildman–Crippen LogP) is 2.98. The van der Waals surface area contributed by atoms with Crippen LogP contribution >= 0.6 is 0 Å². The summed E-state index contributed by atoms with van der Waals surface area (Å²) in [5.74, 6) is 0.448. The van der Waals surface area contributed by atoms with Crippen molar-refractivity contribution in [3.05, 3.63) is 17.7 Å². The number of anilines is 1. The fraction of sp³-hybridized carbons (Fsp3) is 0.625. The predicted molar refractivity (Wildman–Crippen MR) is 82.2 cm³/mol. The van der Waals surface area contributed by atoms with E-state index in [-0.39, 0.29) is 23.6 Å². The lowest BCUT2D eigenvalue weighted by Crippen LogP contribution is -2.28. The maximum absolute atomic E-state index is 10.2. The minimum atomic E-state index is -0.0468. The lowest BCUT2D eigenvalue weighted by molar-refractivity contribution is 0.316. The normalized spacial score (nSPS) is 23.0. The van der Waals surface area contributed by atoms with E-state index in [0.717, 1.165) is 43.4 Å². The zero-order chi connectivity index (χ0) is 14.7. The molecule has 1 aliphatic rings. The van der Waals surface area contributed by atoms with Crippen molar-refractivity contribution in [3.63, 3.8) is 0 Å². The van der Waals surface area contributed by atoms with Crippen molar-refractivity contribution in [2.75, 3.05) is 5.32 Å². The van der Waals surface area contributed by atoms with Crippen molar-refractivity contribution < 1.29 is 10.2 Å². The molecule has 2 atom stereocenters. The quantitative estimate of drug-likeness (QED) is 0.504. The van der Waals surface area contributed by atoms with E-state index in [9.17, 15) is 10.2 Å². The van der Waals surface area contributed by atoms with Crippen molar-refractivity contribution in [1.82, 2.24) is 0 Å². The highest BCUT2D eigenvalue weighted by molar-refractivity contribution is 5.62. The van der Waals surface area contributed by atoms with Crippen molar-refractivity contribution >= 4 is 5.69 Å². The van der Waals surface area contributed by atoms with Crippen LogP contribution in [0.4, 0.5) is 5.69 Å². The van der Waals surface area contributed by atoms with Crippen molar-refractivity contribution in [3.8, 4) is 11.5 Å². The third-order valence-corrected chi connectivity index (χ3v) is 4.02. The van der Waals surface area contributed by atoms with Crippen LogP contribution in [-0.4, -0.2) is 22.3 Å². The highest BCUT2D eigenvalue weighted by atomic mass is 16.3. The minimum Gasteiger partial charge on any atom is -0.504 e. The first kappa shape index (κ1) is 15.0. The van der Waals surface area contributed by atoms with E-state index in [1.807, 2.05) is 6.07 Å². The first-order valence-corrected chi connectivity index (χ1v) is 7.53. The Balaban J connectivity index is 2.21. The second kappa shape index (κ2) is 6.35. The van der Waals surface area contributed by atoms with Crippen molar-refractivity contribution in [2.24, 2.45) is 11.7 Å². The summed E-state index contributed by atoms with van der Waals surface area (Å²) in [6, 6.07) is 3.93. The number of rotatable bonds is 4. The van der Waals surface area contributed by atoms with Crippen molar-refractivity contribution in [2.45, 2.75) is 58.0 Å². The van der Waals surface area contributed by atoms with Crippen LogP contribution in [0.3, 0.4) is 0 Å².